The molecule has 2 heterocycles. The number of carbonyl (C=O) groups excluding carboxylic acids is 1. The van der Waals surface area contributed by atoms with Gasteiger partial charge in [-0.1, -0.05) is 6.07 Å². The smallest absolute Gasteiger partial charge is 0.222 e. The van der Waals surface area contributed by atoms with E-state index in [0.717, 1.165) is 45.0 Å². The molecule has 0 radical (unpaired) electrons. The number of rotatable bonds is 6. The highest BCUT2D eigenvalue weighted by Crippen LogP contribution is 2.22. The van der Waals surface area contributed by atoms with Gasteiger partial charge in [-0.2, -0.15) is 5.10 Å². The Morgan fingerprint density at radius 1 is 1.24 bits per heavy atom. The SMILES string of the molecule is O=C(CCc1ccc(F)cc1F)N1CCC(CCn2cccn2)CC1. The third kappa shape index (κ3) is 4.87. The van der Waals surface area contributed by atoms with Crippen molar-refractivity contribution in [3.05, 3.63) is 53.9 Å². The van der Waals surface area contributed by atoms with Gasteiger partial charge in [-0.25, -0.2) is 8.78 Å². The van der Waals surface area contributed by atoms with Crippen molar-refractivity contribution in [3.63, 3.8) is 0 Å². The van der Waals surface area contributed by atoms with Gasteiger partial charge in [-0.15, -0.1) is 0 Å². The molecule has 1 saturated heterocycles. The lowest BCUT2D eigenvalue weighted by Gasteiger charge is -2.32. The van der Waals surface area contributed by atoms with Gasteiger partial charge in [0.2, 0.25) is 5.91 Å². The van der Waals surface area contributed by atoms with Crippen molar-refractivity contribution in [2.45, 2.75) is 38.6 Å². The van der Waals surface area contributed by atoms with E-state index in [-0.39, 0.29) is 12.3 Å². The molecule has 1 aliphatic rings. The van der Waals surface area contributed by atoms with Crippen LogP contribution in [0.15, 0.2) is 36.7 Å². The first-order valence-electron chi connectivity index (χ1n) is 8.81. The molecule has 4 nitrogen and oxygen atoms in total. The molecule has 0 unspecified atom stereocenters. The summed E-state index contributed by atoms with van der Waals surface area (Å²) in [6.45, 7) is 2.43. The summed E-state index contributed by atoms with van der Waals surface area (Å²) in [5.74, 6) is -0.507. The largest absolute Gasteiger partial charge is 0.343 e. The highest BCUT2D eigenvalue weighted by molar-refractivity contribution is 5.76. The summed E-state index contributed by atoms with van der Waals surface area (Å²) in [7, 11) is 0. The fraction of sp³-hybridized carbons (Fsp3) is 0.474. The number of benzene rings is 1. The van der Waals surface area contributed by atoms with Gasteiger partial charge in [0.05, 0.1) is 0 Å². The molecule has 0 saturated carbocycles. The Hall–Kier alpha value is -2.24. The predicted octanol–water partition coefficient (Wildman–Crippen LogP) is 3.42. The third-order valence-corrected chi connectivity index (χ3v) is 4.92. The van der Waals surface area contributed by atoms with E-state index in [1.54, 1.807) is 6.20 Å². The van der Waals surface area contributed by atoms with Crippen molar-refractivity contribution in [2.24, 2.45) is 5.92 Å². The van der Waals surface area contributed by atoms with E-state index < -0.39 is 11.6 Å². The normalized spacial score (nSPS) is 15.5. The Morgan fingerprint density at radius 2 is 2.04 bits per heavy atom. The highest BCUT2D eigenvalue weighted by atomic mass is 19.1. The van der Waals surface area contributed by atoms with Gasteiger partial charge < -0.3 is 4.90 Å². The molecule has 0 aliphatic carbocycles. The van der Waals surface area contributed by atoms with E-state index in [2.05, 4.69) is 5.10 Å². The predicted molar refractivity (Wildman–Crippen MR) is 90.8 cm³/mol. The second-order valence-corrected chi connectivity index (χ2v) is 6.62. The minimum absolute atomic E-state index is 0.0502. The van der Waals surface area contributed by atoms with Gasteiger partial charge in [-0.3, -0.25) is 9.48 Å². The average molecular weight is 347 g/mol. The van der Waals surface area contributed by atoms with Crippen LogP contribution in [0, 0.1) is 17.6 Å². The Labute approximate surface area is 146 Å². The van der Waals surface area contributed by atoms with Crippen LogP contribution in [0.2, 0.25) is 0 Å². The first-order chi connectivity index (χ1) is 12.1. The number of nitrogens with zero attached hydrogens (tertiary/aromatic N) is 3. The third-order valence-electron chi connectivity index (χ3n) is 4.92. The minimum Gasteiger partial charge on any atom is -0.343 e. The molecule has 25 heavy (non-hydrogen) atoms. The van der Waals surface area contributed by atoms with Crippen molar-refractivity contribution in [2.75, 3.05) is 13.1 Å². The number of halogens is 2. The van der Waals surface area contributed by atoms with Gasteiger partial charge in [0.25, 0.3) is 0 Å². The van der Waals surface area contributed by atoms with E-state index in [1.807, 2.05) is 21.8 Å². The first kappa shape index (κ1) is 17.6. The number of aromatic nitrogens is 2. The van der Waals surface area contributed by atoms with Gasteiger partial charge in [0, 0.05) is 44.5 Å². The van der Waals surface area contributed by atoms with Crippen LogP contribution in [0.3, 0.4) is 0 Å². The van der Waals surface area contributed by atoms with Crippen LogP contribution >= 0.6 is 0 Å². The molecule has 0 bridgehead atoms. The van der Waals surface area contributed by atoms with Gasteiger partial charge in [-0.05, 0) is 49.3 Å². The average Bonchev–Trinajstić information content (AvgIpc) is 3.13. The molecule has 1 amide bonds. The second kappa shape index (κ2) is 8.23. The van der Waals surface area contributed by atoms with Crippen LogP contribution in [0.1, 0.15) is 31.2 Å². The fourth-order valence-corrected chi connectivity index (χ4v) is 3.34. The number of aryl methyl sites for hydroxylation is 2. The van der Waals surface area contributed by atoms with Crippen molar-refractivity contribution >= 4 is 5.91 Å². The molecule has 3 rings (SSSR count). The lowest BCUT2D eigenvalue weighted by Crippen LogP contribution is -2.38. The zero-order valence-electron chi connectivity index (χ0n) is 14.2. The lowest BCUT2D eigenvalue weighted by atomic mass is 9.93. The number of hydrogen-bond acceptors (Lipinski definition) is 2. The van der Waals surface area contributed by atoms with Crippen LogP contribution < -0.4 is 0 Å². The van der Waals surface area contributed by atoms with Crippen LogP contribution in [-0.2, 0) is 17.8 Å². The number of hydrogen-bond donors (Lipinski definition) is 0. The molecule has 0 atom stereocenters. The maximum atomic E-state index is 13.6. The summed E-state index contributed by atoms with van der Waals surface area (Å²) in [5, 5.41) is 4.21. The van der Waals surface area contributed by atoms with E-state index in [9.17, 15) is 13.6 Å². The fourth-order valence-electron chi connectivity index (χ4n) is 3.34. The Kier molecular flexibility index (Phi) is 5.79. The first-order valence-corrected chi connectivity index (χ1v) is 8.81. The van der Waals surface area contributed by atoms with Crippen molar-refractivity contribution < 1.29 is 13.6 Å². The van der Waals surface area contributed by atoms with Crippen LogP contribution in [-0.4, -0.2) is 33.7 Å². The monoisotopic (exact) mass is 347 g/mol. The topological polar surface area (TPSA) is 38.1 Å². The molecule has 134 valence electrons. The Morgan fingerprint density at radius 3 is 2.72 bits per heavy atom. The van der Waals surface area contributed by atoms with E-state index in [1.165, 1.54) is 12.1 Å². The number of piperidine rings is 1. The summed E-state index contributed by atoms with van der Waals surface area (Å²) < 4.78 is 28.5. The van der Waals surface area contributed by atoms with Gasteiger partial charge >= 0.3 is 0 Å². The van der Waals surface area contributed by atoms with E-state index in [0.29, 0.717) is 17.9 Å². The molecule has 2 aromatic rings. The summed E-state index contributed by atoms with van der Waals surface area (Å²) in [6.07, 6.45) is 7.39. The standard InChI is InChI=1S/C19H23F2N3O/c20-17-4-2-16(18(21)14-17)3-5-19(25)23-11-6-15(7-12-23)8-13-24-10-1-9-22-24/h1-2,4,9-10,14-15H,3,5-8,11-13H2. The number of carbonyl (C=O) groups is 1. The highest BCUT2D eigenvalue weighted by Gasteiger charge is 2.22. The quantitative estimate of drug-likeness (QED) is 0.803. The van der Waals surface area contributed by atoms with Gasteiger partial charge in [0.1, 0.15) is 11.6 Å². The molecule has 0 spiro atoms. The molecular formula is C19H23F2N3O. The van der Waals surface area contributed by atoms with Crippen LogP contribution in [0.4, 0.5) is 8.78 Å². The number of likely N-dealkylation sites (tertiary alicyclic amines) is 1. The zero-order chi connectivity index (χ0) is 17.6. The second-order valence-electron chi connectivity index (χ2n) is 6.62. The maximum Gasteiger partial charge on any atom is 0.222 e. The summed E-state index contributed by atoms with van der Waals surface area (Å²) in [6, 6.07) is 5.43. The molecule has 6 heteroatoms. The Bertz CT molecular complexity index is 695. The van der Waals surface area contributed by atoms with Crippen molar-refractivity contribution in [1.29, 1.82) is 0 Å². The summed E-state index contributed by atoms with van der Waals surface area (Å²) >= 11 is 0. The molecule has 1 aromatic heterocycles. The van der Waals surface area contributed by atoms with Gasteiger partial charge in [0.15, 0.2) is 0 Å². The van der Waals surface area contributed by atoms with Crippen LogP contribution in [0.25, 0.3) is 0 Å². The van der Waals surface area contributed by atoms with Crippen molar-refractivity contribution in [3.8, 4) is 0 Å². The molecule has 0 N–H and O–H groups in total. The summed E-state index contributed by atoms with van der Waals surface area (Å²) in [4.78, 5) is 14.2. The number of amides is 1. The molecule has 1 aromatic carbocycles. The van der Waals surface area contributed by atoms with E-state index in [4.69, 9.17) is 0 Å². The van der Waals surface area contributed by atoms with Crippen molar-refractivity contribution in [1.82, 2.24) is 14.7 Å². The Balaban J connectivity index is 1.40. The minimum atomic E-state index is -0.593. The summed E-state index contributed by atoms with van der Waals surface area (Å²) in [5.41, 5.74) is 0.392. The lowest BCUT2D eigenvalue weighted by molar-refractivity contribution is -0.132. The molecule has 1 fully saturated rings. The van der Waals surface area contributed by atoms with E-state index >= 15 is 0 Å². The molecule has 1 aliphatic heterocycles. The maximum absolute atomic E-state index is 13.6. The van der Waals surface area contributed by atoms with Crippen LogP contribution in [0.5, 0.6) is 0 Å². The molecular weight excluding hydrogens is 324 g/mol. The zero-order valence-corrected chi connectivity index (χ0v) is 14.2.